The Labute approximate surface area is 106 Å². The molecule has 0 aliphatic heterocycles. The third-order valence-electron chi connectivity index (χ3n) is 2.32. The molecule has 4 heteroatoms. The number of hydrogen-bond acceptors (Lipinski definition) is 4. The molecule has 0 bridgehead atoms. The maximum Gasteiger partial charge on any atom is 0.237 e. The van der Waals surface area contributed by atoms with Crippen LogP contribution in [0.25, 0.3) is 6.08 Å². The van der Waals surface area contributed by atoms with Crippen LogP contribution in [0.15, 0.2) is 42.7 Å². The Morgan fingerprint density at radius 2 is 2.06 bits per heavy atom. The van der Waals surface area contributed by atoms with Gasteiger partial charge < -0.3 is 9.84 Å². The number of aliphatic hydroxyl groups is 1. The van der Waals surface area contributed by atoms with E-state index >= 15 is 0 Å². The van der Waals surface area contributed by atoms with Crippen molar-refractivity contribution in [3.05, 3.63) is 54.0 Å². The van der Waals surface area contributed by atoms with Crippen LogP contribution in [0.5, 0.6) is 11.6 Å². The first-order chi connectivity index (χ1) is 8.83. The largest absolute Gasteiger partial charge is 0.437 e. The van der Waals surface area contributed by atoms with Crippen LogP contribution in [-0.4, -0.2) is 15.1 Å². The van der Waals surface area contributed by atoms with Gasteiger partial charge in [-0.2, -0.15) is 0 Å². The maximum atomic E-state index is 8.88. The molecule has 92 valence electrons. The fourth-order valence-corrected chi connectivity index (χ4v) is 1.48. The normalized spacial score (nSPS) is 10.8. The Balaban J connectivity index is 2.22. The van der Waals surface area contributed by atoms with Gasteiger partial charge in [-0.15, -0.1) is 0 Å². The average Bonchev–Trinajstić information content (AvgIpc) is 2.42. The topological polar surface area (TPSA) is 55.2 Å². The number of nitrogens with zero attached hydrogens (tertiary/aromatic N) is 2. The zero-order valence-corrected chi connectivity index (χ0v) is 10.1. The lowest BCUT2D eigenvalue weighted by Crippen LogP contribution is -1.94. The first kappa shape index (κ1) is 12.3. The maximum absolute atomic E-state index is 8.88. The summed E-state index contributed by atoms with van der Waals surface area (Å²) in [5.41, 5.74) is 1.50. The van der Waals surface area contributed by atoms with Crippen molar-refractivity contribution in [2.24, 2.45) is 0 Å². The number of allylic oxidation sites excluding steroid dienone is 1. The summed E-state index contributed by atoms with van der Waals surface area (Å²) >= 11 is 0. The molecule has 1 aromatic carbocycles. The molecule has 0 unspecified atom stereocenters. The fourth-order valence-electron chi connectivity index (χ4n) is 1.48. The van der Waals surface area contributed by atoms with Crippen molar-refractivity contribution in [3.63, 3.8) is 0 Å². The number of aliphatic hydroxyl groups excluding tert-OH is 1. The van der Waals surface area contributed by atoms with Crippen molar-refractivity contribution in [3.8, 4) is 11.6 Å². The van der Waals surface area contributed by atoms with E-state index in [2.05, 4.69) is 9.97 Å². The van der Waals surface area contributed by atoms with E-state index in [9.17, 15) is 0 Å². The number of hydrogen-bond donors (Lipinski definition) is 1. The fraction of sp³-hybridized carbons (Fsp3) is 0.143. The van der Waals surface area contributed by atoms with Crippen LogP contribution in [0.2, 0.25) is 0 Å². The third-order valence-corrected chi connectivity index (χ3v) is 2.32. The Kier molecular flexibility index (Phi) is 4.04. The molecule has 2 aromatic rings. The summed E-state index contributed by atoms with van der Waals surface area (Å²) in [6.45, 7) is 1.83. The van der Waals surface area contributed by atoms with Gasteiger partial charge in [-0.1, -0.05) is 30.4 Å². The molecule has 0 atom stereocenters. The number of aromatic nitrogens is 2. The molecule has 0 spiro atoms. The van der Waals surface area contributed by atoms with Gasteiger partial charge in [0.25, 0.3) is 0 Å². The highest BCUT2D eigenvalue weighted by Gasteiger charge is 2.03. The number of para-hydroxylation sites is 1. The summed E-state index contributed by atoms with van der Waals surface area (Å²) in [5.74, 6) is 1.13. The van der Waals surface area contributed by atoms with Crippen LogP contribution in [0.4, 0.5) is 0 Å². The van der Waals surface area contributed by atoms with Crippen LogP contribution >= 0.6 is 0 Å². The van der Waals surface area contributed by atoms with E-state index in [1.807, 2.05) is 43.3 Å². The predicted octanol–water partition coefficient (Wildman–Crippen LogP) is 2.79. The van der Waals surface area contributed by atoms with Crippen LogP contribution in [0.1, 0.15) is 18.2 Å². The molecule has 1 heterocycles. The minimum absolute atomic E-state index is 0.123. The summed E-state index contributed by atoms with van der Waals surface area (Å²) in [5, 5.41) is 8.88. The van der Waals surface area contributed by atoms with Gasteiger partial charge in [0.1, 0.15) is 5.75 Å². The molecule has 0 radical (unpaired) electrons. The van der Waals surface area contributed by atoms with Crippen molar-refractivity contribution in [1.29, 1.82) is 0 Å². The molecule has 0 aliphatic rings. The Bertz CT molecular complexity index is 536. The molecule has 0 aliphatic carbocycles. The summed E-state index contributed by atoms with van der Waals surface area (Å²) < 4.78 is 5.66. The van der Waals surface area contributed by atoms with E-state index in [1.165, 1.54) is 12.4 Å². The molecule has 2 rings (SSSR count). The zero-order chi connectivity index (χ0) is 12.8. The molecule has 1 N–H and O–H groups in total. The second-order valence-corrected chi connectivity index (χ2v) is 3.64. The van der Waals surface area contributed by atoms with E-state index < -0.39 is 0 Å². The molecule has 4 nitrogen and oxygen atoms in total. The molecule has 0 saturated carbocycles. The smallest absolute Gasteiger partial charge is 0.237 e. The van der Waals surface area contributed by atoms with Crippen molar-refractivity contribution < 1.29 is 9.84 Å². The standard InChI is InChI=1S/C14H14N2O2/c1-2-5-11-6-3-4-7-13(11)18-14-9-15-12(10-17)8-16-14/h2-9,17H,10H2,1H3/b5-2+. The van der Waals surface area contributed by atoms with E-state index in [0.717, 1.165) is 11.3 Å². The van der Waals surface area contributed by atoms with Gasteiger partial charge >= 0.3 is 0 Å². The van der Waals surface area contributed by atoms with Gasteiger partial charge in [0.05, 0.1) is 24.7 Å². The lowest BCUT2D eigenvalue weighted by Gasteiger charge is -2.07. The van der Waals surface area contributed by atoms with Crippen LogP contribution < -0.4 is 4.74 Å². The van der Waals surface area contributed by atoms with E-state index in [4.69, 9.17) is 9.84 Å². The first-order valence-corrected chi connectivity index (χ1v) is 5.65. The van der Waals surface area contributed by atoms with Crippen LogP contribution in [0.3, 0.4) is 0 Å². The highest BCUT2D eigenvalue weighted by molar-refractivity contribution is 5.57. The Morgan fingerprint density at radius 3 is 2.72 bits per heavy atom. The highest BCUT2D eigenvalue weighted by atomic mass is 16.5. The van der Waals surface area contributed by atoms with Crippen molar-refractivity contribution in [2.75, 3.05) is 0 Å². The SMILES string of the molecule is C/C=C/c1ccccc1Oc1cnc(CO)cn1. The summed E-state index contributed by atoms with van der Waals surface area (Å²) in [6.07, 6.45) is 6.90. The van der Waals surface area contributed by atoms with E-state index in [1.54, 1.807) is 0 Å². The summed E-state index contributed by atoms with van der Waals surface area (Å²) in [6, 6.07) is 7.68. The first-order valence-electron chi connectivity index (χ1n) is 5.65. The van der Waals surface area contributed by atoms with Crippen molar-refractivity contribution >= 4 is 6.08 Å². The highest BCUT2D eigenvalue weighted by Crippen LogP contribution is 2.24. The zero-order valence-electron chi connectivity index (χ0n) is 10.1. The minimum Gasteiger partial charge on any atom is -0.437 e. The number of benzene rings is 1. The molecule has 0 saturated heterocycles. The van der Waals surface area contributed by atoms with Gasteiger partial charge in [-0.25, -0.2) is 4.98 Å². The van der Waals surface area contributed by atoms with Crippen LogP contribution in [0, 0.1) is 0 Å². The quantitative estimate of drug-likeness (QED) is 0.895. The lowest BCUT2D eigenvalue weighted by atomic mass is 10.2. The summed E-state index contributed by atoms with van der Waals surface area (Å²) in [7, 11) is 0. The molecule has 18 heavy (non-hydrogen) atoms. The van der Waals surface area contributed by atoms with E-state index in [0.29, 0.717) is 11.6 Å². The van der Waals surface area contributed by atoms with Crippen LogP contribution in [-0.2, 0) is 6.61 Å². The lowest BCUT2D eigenvalue weighted by molar-refractivity contribution is 0.276. The second kappa shape index (κ2) is 5.93. The third kappa shape index (κ3) is 2.93. The van der Waals surface area contributed by atoms with E-state index in [-0.39, 0.29) is 6.61 Å². The molecular weight excluding hydrogens is 228 g/mol. The van der Waals surface area contributed by atoms with Gasteiger partial charge in [0.15, 0.2) is 0 Å². The average molecular weight is 242 g/mol. The van der Waals surface area contributed by atoms with Crippen molar-refractivity contribution in [1.82, 2.24) is 9.97 Å². The van der Waals surface area contributed by atoms with Gasteiger partial charge in [0.2, 0.25) is 5.88 Å². The van der Waals surface area contributed by atoms with Gasteiger partial charge in [-0.3, -0.25) is 4.98 Å². The Morgan fingerprint density at radius 1 is 1.22 bits per heavy atom. The number of ether oxygens (including phenoxy) is 1. The monoisotopic (exact) mass is 242 g/mol. The molecular formula is C14H14N2O2. The molecule has 1 aromatic heterocycles. The van der Waals surface area contributed by atoms with Gasteiger partial charge in [0, 0.05) is 5.56 Å². The molecule has 0 amide bonds. The number of rotatable bonds is 4. The minimum atomic E-state index is -0.123. The van der Waals surface area contributed by atoms with Gasteiger partial charge in [-0.05, 0) is 13.0 Å². The summed E-state index contributed by atoms with van der Waals surface area (Å²) in [4.78, 5) is 8.09. The van der Waals surface area contributed by atoms with Crippen molar-refractivity contribution in [2.45, 2.75) is 13.5 Å². The predicted molar refractivity (Wildman–Crippen MR) is 69.2 cm³/mol. The Hall–Kier alpha value is -2.20. The molecule has 0 fully saturated rings. The second-order valence-electron chi connectivity index (χ2n) is 3.64.